The molecule has 1 aliphatic rings. The summed E-state index contributed by atoms with van der Waals surface area (Å²) in [6.45, 7) is 4.10. The summed E-state index contributed by atoms with van der Waals surface area (Å²) in [5, 5.41) is 9.26. The molecule has 2 unspecified atom stereocenters. The van der Waals surface area contributed by atoms with Crippen molar-refractivity contribution >= 4 is 11.6 Å². The topological polar surface area (TPSA) is 42.2 Å². The predicted octanol–water partition coefficient (Wildman–Crippen LogP) is 3.55. The minimum atomic E-state index is 0.120. The first kappa shape index (κ1) is 13.2. The molecular weight excluding hydrogens is 250 g/mol. The molecule has 1 aromatic rings. The summed E-state index contributed by atoms with van der Waals surface area (Å²) in [5.41, 5.74) is 0.543. The van der Waals surface area contributed by atoms with Crippen LogP contribution in [0.25, 0.3) is 0 Å². The smallest absolute Gasteiger partial charge is 0.138 e. The number of benzene rings is 1. The summed E-state index contributed by atoms with van der Waals surface area (Å²) in [6.07, 6.45) is 2.25. The van der Waals surface area contributed by atoms with Gasteiger partial charge in [0.05, 0.1) is 28.9 Å². The molecule has 0 amide bonds. The first-order valence-electron chi connectivity index (χ1n) is 6.10. The van der Waals surface area contributed by atoms with Gasteiger partial charge in [0.25, 0.3) is 0 Å². The highest BCUT2D eigenvalue weighted by Gasteiger charge is 2.26. The molecule has 4 heteroatoms. The summed E-state index contributed by atoms with van der Waals surface area (Å²) in [4.78, 5) is 0. The van der Waals surface area contributed by atoms with Gasteiger partial charge in [-0.3, -0.25) is 0 Å². The van der Waals surface area contributed by atoms with E-state index in [9.17, 15) is 0 Å². The normalized spacial score (nSPS) is 27.6. The predicted molar refractivity (Wildman–Crippen MR) is 69.8 cm³/mol. The molecule has 0 radical (unpaired) electrons. The quantitative estimate of drug-likeness (QED) is 0.821. The maximum Gasteiger partial charge on any atom is 0.138 e. The molecule has 2 rings (SSSR count). The first-order chi connectivity index (χ1) is 8.58. The van der Waals surface area contributed by atoms with E-state index in [-0.39, 0.29) is 18.3 Å². The van der Waals surface area contributed by atoms with Crippen molar-refractivity contribution in [1.29, 1.82) is 5.26 Å². The van der Waals surface area contributed by atoms with E-state index in [2.05, 4.69) is 6.07 Å². The molecule has 0 spiro atoms. The Morgan fingerprint density at radius 3 is 2.56 bits per heavy atom. The maximum atomic E-state index is 8.78. The Labute approximate surface area is 112 Å². The number of nitrogens with zero attached hydrogens (tertiary/aromatic N) is 1. The molecule has 1 fully saturated rings. The van der Waals surface area contributed by atoms with Gasteiger partial charge in [-0.15, -0.1) is 0 Å². The number of ether oxygens (including phenoxy) is 2. The van der Waals surface area contributed by atoms with Gasteiger partial charge in [-0.25, -0.2) is 0 Å². The van der Waals surface area contributed by atoms with Gasteiger partial charge in [-0.2, -0.15) is 5.26 Å². The molecule has 96 valence electrons. The second kappa shape index (κ2) is 5.60. The Bertz CT molecular complexity index is 459. The van der Waals surface area contributed by atoms with E-state index in [4.69, 9.17) is 26.3 Å². The van der Waals surface area contributed by atoms with Crippen molar-refractivity contribution in [3.8, 4) is 11.8 Å². The van der Waals surface area contributed by atoms with Crippen LogP contribution in [-0.2, 0) is 4.74 Å². The van der Waals surface area contributed by atoms with Crippen LogP contribution in [0, 0.1) is 11.3 Å². The molecule has 0 saturated carbocycles. The van der Waals surface area contributed by atoms with Crippen molar-refractivity contribution in [2.75, 3.05) is 0 Å². The number of hydrogen-bond acceptors (Lipinski definition) is 3. The van der Waals surface area contributed by atoms with Crippen molar-refractivity contribution in [1.82, 2.24) is 0 Å². The molecular formula is C14H16ClNO2. The van der Waals surface area contributed by atoms with E-state index < -0.39 is 0 Å². The highest BCUT2D eigenvalue weighted by Crippen LogP contribution is 2.30. The Balaban J connectivity index is 2.07. The van der Waals surface area contributed by atoms with E-state index in [0.717, 1.165) is 12.8 Å². The van der Waals surface area contributed by atoms with E-state index in [1.807, 2.05) is 13.8 Å². The third-order valence-electron chi connectivity index (χ3n) is 3.01. The fraction of sp³-hybridized carbons (Fsp3) is 0.500. The summed E-state index contributed by atoms with van der Waals surface area (Å²) in [7, 11) is 0. The highest BCUT2D eigenvalue weighted by atomic mass is 35.5. The van der Waals surface area contributed by atoms with Crippen molar-refractivity contribution in [2.45, 2.75) is 45.0 Å². The standard InChI is InChI=1S/C14H16ClNO2/c1-9-5-12(6-10(2)17-9)18-14-4-3-11(8-16)7-13(14)15/h3-4,7,9-10,12H,5-6H2,1-2H3. The zero-order chi connectivity index (χ0) is 13.1. The fourth-order valence-electron chi connectivity index (χ4n) is 2.29. The van der Waals surface area contributed by atoms with Gasteiger partial charge in [-0.1, -0.05) is 11.6 Å². The summed E-state index contributed by atoms with van der Waals surface area (Å²) in [5.74, 6) is 0.641. The fourth-order valence-corrected chi connectivity index (χ4v) is 2.51. The van der Waals surface area contributed by atoms with Gasteiger partial charge in [0, 0.05) is 12.8 Å². The average molecular weight is 266 g/mol. The second-order valence-corrected chi connectivity index (χ2v) is 5.13. The Hall–Kier alpha value is -1.24. The highest BCUT2D eigenvalue weighted by molar-refractivity contribution is 6.32. The van der Waals surface area contributed by atoms with Crippen molar-refractivity contribution < 1.29 is 9.47 Å². The summed E-state index contributed by atoms with van der Waals surface area (Å²) < 4.78 is 11.6. The number of rotatable bonds is 2. The molecule has 18 heavy (non-hydrogen) atoms. The van der Waals surface area contributed by atoms with E-state index in [0.29, 0.717) is 16.3 Å². The van der Waals surface area contributed by atoms with E-state index in [1.54, 1.807) is 18.2 Å². The van der Waals surface area contributed by atoms with Gasteiger partial charge in [0.15, 0.2) is 0 Å². The summed E-state index contributed by atoms with van der Waals surface area (Å²) in [6, 6.07) is 7.15. The van der Waals surface area contributed by atoms with Crippen LogP contribution in [0.5, 0.6) is 5.75 Å². The van der Waals surface area contributed by atoms with Gasteiger partial charge >= 0.3 is 0 Å². The van der Waals surface area contributed by atoms with Crippen LogP contribution in [0.1, 0.15) is 32.3 Å². The zero-order valence-corrected chi connectivity index (χ0v) is 11.3. The van der Waals surface area contributed by atoms with Crippen LogP contribution in [0.2, 0.25) is 5.02 Å². The minimum Gasteiger partial charge on any atom is -0.489 e. The lowest BCUT2D eigenvalue weighted by molar-refractivity contribution is -0.0721. The second-order valence-electron chi connectivity index (χ2n) is 4.73. The van der Waals surface area contributed by atoms with E-state index >= 15 is 0 Å². The molecule has 1 heterocycles. The van der Waals surface area contributed by atoms with E-state index in [1.165, 1.54) is 0 Å². The SMILES string of the molecule is CC1CC(Oc2ccc(C#N)cc2Cl)CC(C)O1. The lowest BCUT2D eigenvalue weighted by atomic mass is 10.0. The number of hydrogen-bond donors (Lipinski definition) is 0. The van der Waals surface area contributed by atoms with Crippen molar-refractivity contribution in [3.05, 3.63) is 28.8 Å². The van der Waals surface area contributed by atoms with Crippen LogP contribution in [0.3, 0.4) is 0 Å². The van der Waals surface area contributed by atoms with Crippen LogP contribution in [0.15, 0.2) is 18.2 Å². The third-order valence-corrected chi connectivity index (χ3v) is 3.30. The molecule has 0 aliphatic carbocycles. The lowest BCUT2D eigenvalue weighted by Crippen LogP contribution is -2.35. The molecule has 3 nitrogen and oxygen atoms in total. The third kappa shape index (κ3) is 3.16. The molecule has 1 aliphatic heterocycles. The van der Waals surface area contributed by atoms with Crippen LogP contribution >= 0.6 is 11.6 Å². The molecule has 0 bridgehead atoms. The first-order valence-corrected chi connectivity index (χ1v) is 6.48. The zero-order valence-electron chi connectivity index (χ0n) is 10.5. The van der Waals surface area contributed by atoms with Crippen LogP contribution in [0.4, 0.5) is 0 Å². The van der Waals surface area contributed by atoms with Crippen LogP contribution in [-0.4, -0.2) is 18.3 Å². The minimum absolute atomic E-state index is 0.120. The Morgan fingerprint density at radius 1 is 1.33 bits per heavy atom. The lowest BCUT2D eigenvalue weighted by Gasteiger charge is -2.32. The molecule has 0 aromatic heterocycles. The van der Waals surface area contributed by atoms with Gasteiger partial charge in [-0.05, 0) is 32.0 Å². The largest absolute Gasteiger partial charge is 0.489 e. The molecule has 1 aromatic carbocycles. The van der Waals surface area contributed by atoms with Crippen LogP contribution < -0.4 is 4.74 Å². The van der Waals surface area contributed by atoms with Gasteiger partial charge in [0.2, 0.25) is 0 Å². The Kier molecular flexibility index (Phi) is 4.11. The molecule has 1 saturated heterocycles. The summed E-state index contributed by atoms with van der Waals surface area (Å²) >= 11 is 6.09. The van der Waals surface area contributed by atoms with Gasteiger partial charge in [0.1, 0.15) is 11.9 Å². The Morgan fingerprint density at radius 2 is 2.00 bits per heavy atom. The number of nitriles is 1. The monoisotopic (exact) mass is 265 g/mol. The van der Waals surface area contributed by atoms with Crippen molar-refractivity contribution in [2.24, 2.45) is 0 Å². The molecule has 0 N–H and O–H groups in total. The maximum absolute atomic E-state index is 8.78. The van der Waals surface area contributed by atoms with Gasteiger partial charge < -0.3 is 9.47 Å². The number of halogens is 1. The average Bonchev–Trinajstić information content (AvgIpc) is 2.30. The molecule has 2 atom stereocenters. The van der Waals surface area contributed by atoms with Crippen molar-refractivity contribution in [3.63, 3.8) is 0 Å².